The number of ketones is 1. The number of rotatable bonds is 7. The second-order valence-electron chi connectivity index (χ2n) is 9.35. The van der Waals surface area contributed by atoms with Crippen LogP contribution in [0, 0.1) is 11.7 Å². The molecule has 2 N–H and O–H groups in total. The lowest BCUT2D eigenvalue weighted by atomic mass is 9.98. The topological polar surface area (TPSA) is 111 Å². The van der Waals surface area contributed by atoms with Gasteiger partial charge < -0.3 is 20.1 Å². The Kier molecular flexibility index (Phi) is 8.40. The highest BCUT2D eigenvalue weighted by Crippen LogP contribution is 2.43. The molecule has 8 nitrogen and oxygen atoms in total. The molecule has 0 radical (unpaired) electrons. The van der Waals surface area contributed by atoms with E-state index in [1.54, 1.807) is 27.7 Å². The summed E-state index contributed by atoms with van der Waals surface area (Å²) in [5, 5.41) is 5.24. The van der Waals surface area contributed by atoms with E-state index in [4.69, 9.17) is 21.1 Å². The van der Waals surface area contributed by atoms with Gasteiger partial charge in [0.2, 0.25) is 11.7 Å². The van der Waals surface area contributed by atoms with E-state index in [2.05, 4.69) is 10.6 Å². The first-order valence-corrected chi connectivity index (χ1v) is 12.6. The smallest absolute Gasteiger partial charge is 0.408 e. The lowest BCUT2D eigenvalue weighted by Gasteiger charge is -2.21. The van der Waals surface area contributed by atoms with Crippen LogP contribution in [0.15, 0.2) is 18.2 Å². The van der Waals surface area contributed by atoms with Gasteiger partial charge in [0.05, 0.1) is 28.7 Å². The largest absolute Gasteiger partial charge is 0.466 e. The van der Waals surface area contributed by atoms with Gasteiger partial charge in [0.1, 0.15) is 22.5 Å². The number of anilines is 1. The van der Waals surface area contributed by atoms with Crippen LogP contribution in [0.1, 0.15) is 61.0 Å². The van der Waals surface area contributed by atoms with E-state index < -0.39 is 41.2 Å². The van der Waals surface area contributed by atoms with Crippen LogP contribution in [0.3, 0.4) is 0 Å². The van der Waals surface area contributed by atoms with Gasteiger partial charge in [0, 0.05) is 4.88 Å². The van der Waals surface area contributed by atoms with Crippen molar-refractivity contribution >= 4 is 51.7 Å². The van der Waals surface area contributed by atoms with E-state index in [-0.39, 0.29) is 40.1 Å². The summed E-state index contributed by atoms with van der Waals surface area (Å²) in [5.74, 6) is -2.97. The van der Waals surface area contributed by atoms with Gasteiger partial charge in [-0.3, -0.25) is 14.4 Å². The number of carbonyl (C=O) groups excluding carboxylic acids is 4. The van der Waals surface area contributed by atoms with Gasteiger partial charge in [0.15, 0.2) is 0 Å². The molecule has 11 heteroatoms. The zero-order chi connectivity index (χ0) is 26.8. The summed E-state index contributed by atoms with van der Waals surface area (Å²) >= 11 is 7.28. The van der Waals surface area contributed by atoms with Gasteiger partial charge in [-0.25, -0.2) is 9.18 Å². The second-order valence-corrected chi connectivity index (χ2v) is 10.9. The molecule has 3 rings (SSSR count). The number of hydrogen-bond donors (Lipinski definition) is 2. The molecule has 0 fully saturated rings. The van der Waals surface area contributed by atoms with Gasteiger partial charge in [-0.15, -0.1) is 11.3 Å². The van der Waals surface area contributed by atoms with Crippen molar-refractivity contribution in [2.75, 3.05) is 11.9 Å². The van der Waals surface area contributed by atoms with E-state index >= 15 is 0 Å². The van der Waals surface area contributed by atoms with Crippen molar-refractivity contribution in [3.05, 3.63) is 50.6 Å². The zero-order valence-electron chi connectivity index (χ0n) is 20.6. The zero-order valence-corrected chi connectivity index (χ0v) is 22.2. The number of carbonyl (C=O) groups is 4. The lowest BCUT2D eigenvalue weighted by Crippen LogP contribution is -2.44. The highest BCUT2D eigenvalue weighted by Gasteiger charge is 2.37. The average Bonchev–Trinajstić information content (AvgIpc) is 3.29. The van der Waals surface area contributed by atoms with Crippen LogP contribution in [-0.4, -0.2) is 42.0 Å². The van der Waals surface area contributed by atoms with Crippen molar-refractivity contribution in [2.45, 2.75) is 59.1 Å². The molecule has 1 unspecified atom stereocenters. The van der Waals surface area contributed by atoms with Gasteiger partial charge >= 0.3 is 12.1 Å². The van der Waals surface area contributed by atoms with E-state index in [0.717, 1.165) is 17.4 Å². The summed E-state index contributed by atoms with van der Waals surface area (Å²) in [7, 11) is 0. The fourth-order valence-electron chi connectivity index (χ4n) is 3.80. The highest BCUT2D eigenvalue weighted by molar-refractivity contribution is 7.17. The third-order valence-corrected chi connectivity index (χ3v) is 6.86. The van der Waals surface area contributed by atoms with E-state index in [0.29, 0.717) is 16.9 Å². The maximum absolute atomic E-state index is 14.6. The van der Waals surface area contributed by atoms with Gasteiger partial charge in [-0.2, -0.15) is 0 Å². The minimum Gasteiger partial charge on any atom is -0.466 e. The normalized spacial score (nSPS) is 15.6. The van der Waals surface area contributed by atoms with Crippen molar-refractivity contribution in [1.29, 1.82) is 0 Å². The van der Waals surface area contributed by atoms with Gasteiger partial charge in [-0.1, -0.05) is 17.7 Å². The number of esters is 1. The number of amides is 2. The minimum absolute atomic E-state index is 0.0721. The number of benzene rings is 1. The predicted molar refractivity (Wildman–Crippen MR) is 134 cm³/mol. The predicted octanol–water partition coefficient (Wildman–Crippen LogP) is 4.90. The minimum atomic E-state index is -0.996. The van der Waals surface area contributed by atoms with Crippen LogP contribution in [-0.2, 0) is 31.9 Å². The van der Waals surface area contributed by atoms with Crippen molar-refractivity contribution in [1.82, 2.24) is 5.32 Å². The summed E-state index contributed by atoms with van der Waals surface area (Å²) in [6.07, 6.45) is -0.240. The molecule has 0 saturated carbocycles. The monoisotopic (exact) mass is 538 g/mol. The first kappa shape index (κ1) is 27.6. The molecule has 194 valence electrons. The summed E-state index contributed by atoms with van der Waals surface area (Å²) in [5.41, 5.74) is -0.449. The number of nitrogens with one attached hydrogen (secondary N) is 2. The van der Waals surface area contributed by atoms with Crippen LogP contribution >= 0.6 is 22.9 Å². The van der Waals surface area contributed by atoms with E-state index in [1.807, 2.05) is 0 Å². The molecule has 0 saturated heterocycles. The molecule has 0 spiro atoms. The number of hydrogen-bond acceptors (Lipinski definition) is 7. The molecule has 36 heavy (non-hydrogen) atoms. The molecule has 2 atom stereocenters. The Morgan fingerprint density at radius 1 is 1.19 bits per heavy atom. The molecule has 1 aliphatic rings. The summed E-state index contributed by atoms with van der Waals surface area (Å²) in [6, 6.07) is 2.91. The molecule has 1 aromatic heterocycles. The second kappa shape index (κ2) is 11.0. The van der Waals surface area contributed by atoms with Gasteiger partial charge in [0.25, 0.3) is 0 Å². The maximum Gasteiger partial charge on any atom is 0.408 e. The Morgan fingerprint density at radius 2 is 1.89 bits per heavy atom. The fraction of sp³-hybridized carbons (Fsp3) is 0.440. The van der Waals surface area contributed by atoms with Crippen LogP contribution in [0.5, 0.6) is 0 Å². The van der Waals surface area contributed by atoms with Crippen LogP contribution in [0.25, 0.3) is 0 Å². The molecule has 0 bridgehead atoms. The Hall–Kier alpha value is -2.98. The average molecular weight is 539 g/mol. The number of thiophene rings is 1. The molecule has 0 aliphatic heterocycles. The Bertz CT molecular complexity index is 1190. The maximum atomic E-state index is 14.6. The van der Waals surface area contributed by atoms with Crippen molar-refractivity contribution in [3.8, 4) is 0 Å². The van der Waals surface area contributed by atoms with Crippen LogP contribution < -0.4 is 10.6 Å². The van der Waals surface area contributed by atoms with Crippen molar-refractivity contribution in [3.63, 3.8) is 0 Å². The van der Waals surface area contributed by atoms with Gasteiger partial charge in [-0.05, 0) is 65.2 Å². The SMILES string of the molecule is CCOC(=O)C1Cc2sc(NC(=O)[C@H](C)NC(=O)OC(C)(C)C)c(C(=O)c3c(F)cccc3Cl)c2C1. The molecular formula is C25H28ClFN2O6S. The van der Waals surface area contributed by atoms with Crippen LogP contribution in [0.2, 0.25) is 5.02 Å². The molecule has 1 aliphatic carbocycles. The van der Waals surface area contributed by atoms with Crippen molar-refractivity contribution in [2.24, 2.45) is 5.92 Å². The Morgan fingerprint density at radius 3 is 2.50 bits per heavy atom. The van der Waals surface area contributed by atoms with Crippen LogP contribution in [0.4, 0.5) is 14.2 Å². The van der Waals surface area contributed by atoms with E-state index in [1.165, 1.54) is 19.1 Å². The highest BCUT2D eigenvalue weighted by atomic mass is 35.5. The number of fused-ring (bicyclic) bond motifs is 1. The quantitative estimate of drug-likeness (QED) is 0.383. The number of alkyl carbamates (subject to hydrolysis) is 1. The molecule has 1 aromatic carbocycles. The Labute approximate surface area is 217 Å². The first-order valence-electron chi connectivity index (χ1n) is 11.4. The molecular weight excluding hydrogens is 511 g/mol. The van der Waals surface area contributed by atoms with Crippen molar-refractivity contribution < 1.29 is 33.0 Å². The van der Waals surface area contributed by atoms with E-state index in [9.17, 15) is 23.6 Å². The third-order valence-electron chi connectivity index (χ3n) is 5.37. The third kappa shape index (κ3) is 6.22. The molecule has 2 amide bonds. The fourth-order valence-corrected chi connectivity index (χ4v) is 5.36. The lowest BCUT2D eigenvalue weighted by molar-refractivity contribution is -0.147. The molecule has 2 aromatic rings. The first-order chi connectivity index (χ1) is 16.8. The Balaban J connectivity index is 1.92. The summed E-state index contributed by atoms with van der Waals surface area (Å²) < 4.78 is 24.9. The number of ether oxygens (including phenoxy) is 2. The summed E-state index contributed by atoms with van der Waals surface area (Å²) in [6.45, 7) is 8.48. The summed E-state index contributed by atoms with van der Waals surface area (Å²) in [4.78, 5) is 51.5. The standard InChI is InChI=1S/C25H28ClFN2O6S/c1-6-34-23(32)13-10-14-17(11-13)36-22(18(14)20(30)19-15(26)8-7-9-16(19)27)29-21(31)12(2)28-24(33)35-25(3,4)5/h7-9,12-13H,6,10-11H2,1-5H3,(H,28,33)(H,29,31)/t12-,13?/m0/s1. The number of halogens is 2. The molecule has 1 heterocycles.